The van der Waals surface area contributed by atoms with E-state index in [0.717, 1.165) is 74.6 Å². The number of aryl methyl sites for hydroxylation is 1. The molecule has 0 amide bonds. The van der Waals surface area contributed by atoms with Crippen LogP contribution in [-0.2, 0) is 13.0 Å². The van der Waals surface area contributed by atoms with Gasteiger partial charge in [0.1, 0.15) is 6.26 Å². The number of hydrogen-bond acceptors (Lipinski definition) is 6. The molecule has 8 heteroatoms. The number of nitrogens with zero attached hydrogens (tertiary/aromatic N) is 5. The van der Waals surface area contributed by atoms with Crippen molar-refractivity contribution >= 4 is 17.3 Å². The molecule has 0 aromatic carbocycles. The van der Waals surface area contributed by atoms with Crippen molar-refractivity contribution in [2.75, 3.05) is 39.3 Å². The molecular formula is C17H26N6OS. The van der Waals surface area contributed by atoms with Crippen LogP contribution in [0.2, 0.25) is 0 Å². The minimum absolute atomic E-state index is 0.769. The number of thiazole rings is 1. The average molecular weight is 363 g/mol. The quantitative estimate of drug-likeness (QED) is 0.624. The third-order valence-electron chi connectivity index (χ3n) is 4.18. The Morgan fingerprint density at radius 2 is 2.16 bits per heavy atom. The Bertz CT molecular complexity index is 660. The van der Waals surface area contributed by atoms with E-state index in [1.54, 1.807) is 17.6 Å². The summed E-state index contributed by atoms with van der Waals surface area (Å²) in [6, 6.07) is 1.93. The summed E-state index contributed by atoms with van der Waals surface area (Å²) in [6.07, 6.45) is 2.52. The second-order valence-electron chi connectivity index (χ2n) is 6.10. The van der Waals surface area contributed by atoms with Crippen molar-refractivity contribution in [2.45, 2.75) is 26.8 Å². The van der Waals surface area contributed by atoms with E-state index in [4.69, 9.17) is 9.52 Å². The third kappa shape index (κ3) is 5.27. The molecule has 1 aliphatic heterocycles. The molecule has 1 saturated heterocycles. The Morgan fingerprint density at radius 3 is 2.80 bits per heavy atom. The van der Waals surface area contributed by atoms with Crippen molar-refractivity contribution in [3.05, 3.63) is 34.1 Å². The van der Waals surface area contributed by atoms with E-state index in [-0.39, 0.29) is 0 Å². The highest BCUT2D eigenvalue weighted by molar-refractivity contribution is 7.09. The van der Waals surface area contributed by atoms with E-state index in [1.165, 1.54) is 0 Å². The predicted molar refractivity (Wildman–Crippen MR) is 99.9 cm³/mol. The second kappa shape index (κ2) is 8.96. The maximum atomic E-state index is 4.91. The number of aliphatic imine (C=N–C) groups is 1. The van der Waals surface area contributed by atoms with Crippen molar-refractivity contribution in [3.8, 4) is 0 Å². The first-order valence-electron chi connectivity index (χ1n) is 8.80. The number of piperazine rings is 1. The van der Waals surface area contributed by atoms with E-state index >= 15 is 0 Å². The van der Waals surface area contributed by atoms with Gasteiger partial charge in [0, 0.05) is 63.7 Å². The Hall–Kier alpha value is -1.93. The van der Waals surface area contributed by atoms with Crippen LogP contribution in [0.5, 0.6) is 0 Å². The van der Waals surface area contributed by atoms with Crippen molar-refractivity contribution in [1.82, 2.24) is 25.3 Å². The van der Waals surface area contributed by atoms with Gasteiger partial charge in [-0.3, -0.25) is 9.89 Å². The summed E-state index contributed by atoms with van der Waals surface area (Å²) in [4.78, 5) is 14.0. The molecule has 25 heavy (non-hydrogen) atoms. The lowest BCUT2D eigenvalue weighted by Crippen LogP contribution is -2.52. The summed E-state index contributed by atoms with van der Waals surface area (Å²) in [5.74, 6) is 1.01. The fraction of sp³-hybridized carbons (Fsp3) is 0.588. The minimum Gasteiger partial charge on any atom is -0.364 e. The molecule has 2 aromatic heterocycles. The largest absolute Gasteiger partial charge is 0.364 e. The van der Waals surface area contributed by atoms with Gasteiger partial charge in [-0.2, -0.15) is 0 Å². The maximum absolute atomic E-state index is 4.91. The molecule has 0 aliphatic carbocycles. The standard InChI is InChI=1S/C17H26N6OS/c1-3-18-17(19-6-4-16-13-25-14(2)20-16)23-9-7-22(8-10-23)12-15-5-11-24-21-15/h5,11,13H,3-4,6-10,12H2,1-2H3,(H,18,19). The highest BCUT2D eigenvalue weighted by Crippen LogP contribution is 2.09. The van der Waals surface area contributed by atoms with E-state index < -0.39 is 0 Å². The monoisotopic (exact) mass is 362 g/mol. The molecule has 2 aromatic rings. The summed E-state index contributed by atoms with van der Waals surface area (Å²) in [5, 5.41) is 10.7. The van der Waals surface area contributed by atoms with Crippen molar-refractivity contribution in [1.29, 1.82) is 0 Å². The Balaban J connectivity index is 1.49. The Morgan fingerprint density at radius 1 is 1.32 bits per heavy atom. The number of nitrogens with one attached hydrogen (secondary N) is 1. The van der Waals surface area contributed by atoms with Crippen LogP contribution in [0.15, 0.2) is 27.2 Å². The number of guanidine groups is 1. The van der Waals surface area contributed by atoms with Crippen LogP contribution in [0.4, 0.5) is 0 Å². The summed E-state index contributed by atoms with van der Waals surface area (Å²) < 4.78 is 4.91. The fourth-order valence-electron chi connectivity index (χ4n) is 2.89. The van der Waals surface area contributed by atoms with Crippen molar-refractivity contribution < 1.29 is 4.52 Å². The lowest BCUT2D eigenvalue weighted by atomic mass is 10.3. The van der Waals surface area contributed by atoms with Crippen LogP contribution in [0.1, 0.15) is 23.3 Å². The zero-order valence-corrected chi connectivity index (χ0v) is 15.8. The molecule has 0 atom stereocenters. The zero-order chi connectivity index (χ0) is 17.5. The number of aromatic nitrogens is 2. The van der Waals surface area contributed by atoms with Crippen LogP contribution >= 0.6 is 11.3 Å². The molecule has 1 aliphatic rings. The summed E-state index contributed by atoms with van der Waals surface area (Å²) >= 11 is 1.70. The first-order valence-corrected chi connectivity index (χ1v) is 9.68. The van der Waals surface area contributed by atoms with Gasteiger partial charge in [0.15, 0.2) is 5.96 Å². The second-order valence-corrected chi connectivity index (χ2v) is 7.16. The van der Waals surface area contributed by atoms with Gasteiger partial charge in [-0.1, -0.05) is 5.16 Å². The smallest absolute Gasteiger partial charge is 0.194 e. The Labute approximate surface area is 152 Å². The van der Waals surface area contributed by atoms with E-state index in [9.17, 15) is 0 Å². The lowest BCUT2D eigenvalue weighted by molar-refractivity contribution is 0.169. The molecule has 7 nitrogen and oxygen atoms in total. The van der Waals surface area contributed by atoms with E-state index in [1.807, 2.05) is 13.0 Å². The van der Waals surface area contributed by atoms with Crippen molar-refractivity contribution in [3.63, 3.8) is 0 Å². The van der Waals surface area contributed by atoms with Crippen molar-refractivity contribution in [2.24, 2.45) is 4.99 Å². The Kier molecular flexibility index (Phi) is 6.41. The lowest BCUT2D eigenvalue weighted by Gasteiger charge is -2.36. The maximum Gasteiger partial charge on any atom is 0.194 e. The van der Waals surface area contributed by atoms with Gasteiger partial charge < -0.3 is 14.7 Å². The van der Waals surface area contributed by atoms with Gasteiger partial charge in [-0.25, -0.2) is 4.98 Å². The molecule has 3 rings (SSSR count). The molecule has 0 radical (unpaired) electrons. The minimum atomic E-state index is 0.769. The molecule has 0 saturated carbocycles. The number of hydrogen-bond donors (Lipinski definition) is 1. The highest BCUT2D eigenvalue weighted by atomic mass is 32.1. The van der Waals surface area contributed by atoms with Gasteiger partial charge in [0.2, 0.25) is 0 Å². The number of rotatable bonds is 6. The van der Waals surface area contributed by atoms with Crippen LogP contribution < -0.4 is 5.32 Å². The van der Waals surface area contributed by atoms with Gasteiger partial charge in [-0.05, 0) is 13.8 Å². The molecule has 3 heterocycles. The van der Waals surface area contributed by atoms with Gasteiger partial charge in [0.25, 0.3) is 0 Å². The van der Waals surface area contributed by atoms with E-state index in [2.05, 4.69) is 37.6 Å². The molecule has 0 bridgehead atoms. The van der Waals surface area contributed by atoms with Crippen LogP contribution in [0.3, 0.4) is 0 Å². The fourth-order valence-corrected chi connectivity index (χ4v) is 3.54. The van der Waals surface area contributed by atoms with Gasteiger partial charge in [-0.15, -0.1) is 11.3 Å². The first kappa shape index (κ1) is 17.9. The zero-order valence-electron chi connectivity index (χ0n) is 14.9. The summed E-state index contributed by atoms with van der Waals surface area (Å²) in [6.45, 7) is 10.6. The van der Waals surface area contributed by atoms with Crippen LogP contribution in [0, 0.1) is 6.92 Å². The molecule has 0 unspecified atom stereocenters. The van der Waals surface area contributed by atoms with Crippen LogP contribution in [0.25, 0.3) is 0 Å². The topological polar surface area (TPSA) is 69.8 Å². The first-order chi connectivity index (χ1) is 12.2. The van der Waals surface area contributed by atoms with Gasteiger partial charge >= 0.3 is 0 Å². The predicted octanol–water partition coefficient (Wildman–Crippen LogP) is 1.77. The normalized spacial score (nSPS) is 16.4. The molecule has 1 N–H and O–H groups in total. The molecule has 0 spiro atoms. The highest BCUT2D eigenvalue weighted by Gasteiger charge is 2.20. The molecule has 1 fully saturated rings. The average Bonchev–Trinajstić information content (AvgIpc) is 3.27. The molecule has 136 valence electrons. The summed E-state index contributed by atoms with van der Waals surface area (Å²) in [5.41, 5.74) is 2.13. The molecular weight excluding hydrogens is 336 g/mol. The van der Waals surface area contributed by atoms with Gasteiger partial charge in [0.05, 0.1) is 16.4 Å². The third-order valence-corrected chi connectivity index (χ3v) is 5.00. The van der Waals surface area contributed by atoms with Crippen LogP contribution in [-0.4, -0.2) is 65.2 Å². The summed E-state index contributed by atoms with van der Waals surface area (Å²) in [7, 11) is 0. The van der Waals surface area contributed by atoms with E-state index in [0.29, 0.717) is 0 Å². The SMILES string of the molecule is CCNC(=NCCc1csc(C)n1)N1CCN(Cc2ccon2)CC1.